The number of anilines is 1. The molecule has 1 atom stereocenters. The highest BCUT2D eigenvalue weighted by Gasteiger charge is 2.22. The van der Waals surface area contributed by atoms with Crippen molar-refractivity contribution >= 4 is 34.1 Å². The van der Waals surface area contributed by atoms with Gasteiger partial charge in [0.25, 0.3) is 0 Å². The number of halogens is 1. The number of benzene rings is 2. The Morgan fingerprint density at radius 3 is 2.61 bits per heavy atom. The van der Waals surface area contributed by atoms with Gasteiger partial charge in [0.2, 0.25) is 11.0 Å². The number of nitrogens with zero attached hydrogens (tertiary/aromatic N) is 5. The molecule has 0 spiro atoms. The maximum absolute atomic E-state index is 14.1. The number of ether oxygens (including phenoxy) is 1. The van der Waals surface area contributed by atoms with Crippen LogP contribution in [-0.2, 0) is 11.2 Å². The fourth-order valence-electron chi connectivity index (χ4n) is 2.97. The minimum atomic E-state index is -0.591. The lowest BCUT2D eigenvalue weighted by Crippen LogP contribution is -2.15. The smallest absolute Gasteiger partial charge is 0.236 e. The van der Waals surface area contributed by atoms with E-state index in [2.05, 4.69) is 25.7 Å². The molecular weight excluding hydrogens is 463 g/mol. The number of hydrogen-bond donors (Lipinski definition) is 1. The first kappa shape index (κ1) is 22.9. The van der Waals surface area contributed by atoms with Crippen LogP contribution in [0.2, 0.25) is 0 Å². The second kappa shape index (κ2) is 10.5. The largest absolute Gasteiger partial charge is 0.480 e. The molecule has 33 heavy (non-hydrogen) atoms. The minimum absolute atomic E-state index is 0.106. The van der Waals surface area contributed by atoms with Gasteiger partial charge in [-0.05, 0) is 37.6 Å². The molecule has 4 rings (SSSR count). The molecule has 0 fully saturated rings. The second-order valence-electron chi connectivity index (χ2n) is 6.89. The monoisotopic (exact) mass is 484 g/mol. The van der Waals surface area contributed by atoms with Gasteiger partial charge in [-0.3, -0.25) is 14.7 Å². The van der Waals surface area contributed by atoms with Gasteiger partial charge in [0, 0.05) is 5.69 Å². The average Bonchev–Trinajstić information content (AvgIpc) is 3.46. The molecule has 0 aliphatic rings. The van der Waals surface area contributed by atoms with Gasteiger partial charge >= 0.3 is 0 Å². The Morgan fingerprint density at radius 2 is 1.88 bits per heavy atom. The van der Waals surface area contributed by atoms with Gasteiger partial charge in [0.05, 0.1) is 5.75 Å². The number of para-hydroxylation sites is 2. The van der Waals surface area contributed by atoms with Gasteiger partial charge in [-0.25, -0.2) is 4.39 Å². The Balaban J connectivity index is 1.53. The van der Waals surface area contributed by atoms with Crippen molar-refractivity contribution in [2.45, 2.75) is 31.5 Å². The third-order valence-corrected chi connectivity index (χ3v) is 6.44. The van der Waals surface area contributed by atoms with E-state index < -0.39 is 11.9 Å². The van der Waals surface area contributed by atoms with Gasteiger partial charge in [0.15, 0.2) is 28.7 Å². The van der Waals surface area contributed by atoms with E-state index in [0.29, 0.717) is 16.1 Å². The standard InChI is InChI=1S/C22H21FN6O2S2/c1-3-19-25-27-21(33-19)24-18(30)13-32-22-28-26-20(29(22)15-9-5-4-6-10-15)14(2)31-17-12-8-7-11-16(17)23/h4-12,14H,3,13H2,1-2H3,(H,24,27,30). The second-order valence-corrected chi connectivity index (χ2v) is 8.90. The number of aryl methyl sites for hydroxylation is 1. The van der Waals surface area contributed by atoms with Crippen molar-refractivity contribution in [2.24, 2.45) is 0 Å². The zero-order chi connectivity index (χ0) is 23.2. The maximum atomic E-state index is 14.1. The summed E-state index contributed by atoms with van der Waals surface area (Å²) in [4.78, 5) is 12.4. The summed E-state index contributed by atoms with van der Waals surface area (Å²) in [5.41, 5.74) is 0.807. The van der Waals surface area contributed by atoms with Crippen LogP contribution in [0.4, 0.5) is 9.52 Å². The van der Waals surface area contributed by atoms with Gasteiger partial charge in [-0.1, -0.05) is 60.4 Å². The molecule has 2 heterocycles. The number of rotatable bonds is 9. The number of carbonyl (C=O) groups excluding carboxylic acids is 1. The third-order valence-electron chi connectivity index (χ3n) is 4.52. The summed E-state index contributed by atoms with van der Waals surface area (Å²) >= 11 is 2.58. The minimum Gasteiger partial charge on any atom is -0.480 e. The third kappa shape index (κ3) is 5.55. The molecule has 2 aromatic carbocycles. The molecule has 0 aliphatic carbocycles. The predicted octanol–water partition coefficient (Wildman–Crippen LogP) is 4.69. The molecule has 4 aromatic rings. The average molecular weight is 485 g/mol. The van der Waals surface area contributed by atoms with Gasteiger partial charge in [-0.2, -0.15) is 0 Å². The van der Waals surface area contributed by atoms with E-state index in [1.807, 2.05) is 41.8 Å². The summed E-state index contributed by atoms with van der Waals surface area (Å²) < 4.78 is 21.7. The highest BCUT2D eigenvalue weighted by atomic mass is 32.2. The van der Waals surface area contributed by atoms with Crippen LogP contribution in [0.1, 0.15) is 30.8 Å². The van der Waals surface area contributed by atoms with E-state index in [9.17, 15) is 9.18 Å². The number of hydrogen-bond acceptors (Lipinski definition) is 8. The molecule has 1 N–H and O–H groups in total. The van der Waals surface area contributed by atoms with E-state index in [1.54, 1.807) is 25.1 Å². The molecule has 11 heteroatoms. The van der Waals surface area contributed by atoms with Crippen molar-refractivity contribution in [1.29, 1.82) is 0 Å². The molecule has 170 valence electrons. The Morgan fingerprint density at radius 1 is 1.12 bits per heavy atom. The lowest BCUT2D eigenvalue weighted by molar-refractivity contribution is -0.113. The summed E-state index contributed by atoms with van der Waals surface area (Å²) in [5.74, 6) is 0.0471. The molecule has 1 amide bonds. The van der Waals surface area contributed by atoms with Crippen molar-refractivity contribution in [3.05, 3.63) is 71.2 Å². The zero-order valence-electron chi connectivity index (χ0n) is 17.9. The predicted molar refractivity (Wildman–Crippen MR) is 125 cm³/mol. The van der Waals surface area contributed by atoms with E-state index in [0.717, 1.165) is 17.1 Å². The zero-order valence-corrected chi connectivity index (χ0v) is 19.6. The quantitative estimate of drug-likeness (QED) is 0.344. The molecule has 8 nitrogen and oxygen atoms in total. The lowest BCUT2D eigenvalue weighted by Gasteiger charge is -2.17. The molecule has 0 radical (unpaired) electrons. The van der Waals surface area contributed by atoms with Crippen LogP contribution in [0, 0.1) is 5.82 Å². The van der Waals surface area contributed by atoms with Crippen LogP contribution in [-0.4, -0.2) is 36.6 Å². The fourth-order valence-corrected chi connectivity index (χ4v) is 4.43. The molecule has 2 aromatic heterocycles. The molecule has 0 aliphatic heterocycles. The highest BCUT2D eigenvalue weighted by Crippen LogP contribution is 2.29. The first-order valence-electron chi connectivity index (χ1n) is 10.2. The number of amides is 1. The van der Waals surface area contributed by atoms with Gasteiger partial charge in [-0.15, -0.1) is 20.4 Å². The summed E-state index contributed by atoms with van der Waals surface area (Å²) in [6.07, 6.45) is 0.171. The van der Waals surface area contributed by atoms with Crippen molar-refractivity contribution < 1.29 is 13.9 Å². The highest BCUT2D eigenvalue weighted by molar-refractivity contribution is 7.99. The molecule has 1 unspecified atom stereocenters. The van der Waals surface area contributed by atoms with E-state index >= 15 is 0 Å². The van der Waals surface area contributed by atoms with Crippen LogP contribution in [0.3, 0.4) is 0 Å². The Kier molecular flexibility index (Phi) is 7.30. The summed E-state index contributed by atoms with van der Waals surface area (Å²) in [6, 6.07) is 15.7. The molecular formula is C22H21FN6O2S2. The van der Waals surface area contributed by atoms with E-state index in [4.69, 9.17) is 4.74 Å². The van der Waals surface area contributed by atoms with Crippen LogP contribution in [0.5, 0.6) is 5.75 Å². The molecule has 0 saturated heterocycles. The molecule has 0 saturated carbocycles. The van der Waals surface area contributed by atoms with Crippen molar-refractivity contribution in [1.82, 2.24) is 25.0 Å². The SMILES string of the molecule is CCc1nnc(NC(=O)CSc2nnc(C(C)Oc3ccccc3F)n2-c2ccccc2)s1. The van der Waals surface area contributed by atoms with Crippen LogP contribution >= 0.6 is 23.1 Å². The van der Waals surface area contributed by atoms with Crippen molar-refractivity contribution in [3.8, 4) is 11.4 Å². The Labute approximate surface area is 198 Å². The Bertz CT molecular complexity index is 1230. The molecule has 0 bridgehead atoms. The Hall–Kier alpha value is -3.31. The van der Waals surface area contributed by atoms with Crippen LogP contribution < -0.4 is 10.1 Å². The normalized spacial score (nSPS) is 11.8. The topological polar surface area (TPSA) is 94.8 Å². The first-order chi connectivity index (χ1) is 16.0. The van der Waals surface area contributed by atoms with Crippen molar-refractivity contribution in [2.75, 3.05) is 11.1 Å². The number of nitrogens with one attached hydrogen (secondary N) is 1. The van der Waals surface area contributed by atoms with E-state index in [1.165, 1.54) is 29.2 Å². The van der Waals surface area contributed by atoms with Gasteiger partial charge < -0.3 is 4.74 Å². The van der Waals surface area contributed by atoms with Crippen LogP contribution in [0.25, 0.3) is 5.69 Å². The summed E-state index contributed by atoms with van der Waals surface area (Å²) in [6.45, 7) is 3.75. The van der Waals surface area contributed by atoms with Crippen LogP contribution in [0.15, 0.2) is 59.8 Å². The number of carbonyl (C=O) groups is 1. The maximum Gasteiger partial charge on any atom is 0.236 e. The lowest BCUT2D eigenvalue weighted by atomic mass is 10.3. The summed E-state index contributed by atoms with van der Waals surface area (Å²) in [7, 11) is 0. The summed E-state index contributed by atoms with van der Waals surface area (Å²) in [5, 5.41) is 21.1. The number of thioether (sulfide) groups is 1. The number of aromatic nitrogens is 5. The van der Waals surface area contributed by atoms with E-state index in [-0.39, 0.29) is 17.4 Å². The fraction of sp³-hybridized carbons (Fsp3) is 0.227. The first-order valence-corrected chi connectivity index (χ1v) is 12.0. The van der Waals surface area contributed by atoms with Crippen molar-refractivity contribution in [3.63, 3.8) is 0 Å². The van der Waals surface area contributed by atoms with Gasteiger partial charge in [0.1, 0.15) is 5.01 Å².